The number of rotatable bonds is 3. The van der Waals surface area contributed by atoms with Crippen molar-refractivity contribution < 1.29 is 4.39 Å². The van der Waals surface area contributed by atoms with Crippen LogP contribution in [-0.2, 0) is 6.42 Å². The second-order valence-corrected chi connectivity index (χ2v) is 5.66. The van der Waals surface area contributed by atoms with E-state index in [-0.39, 0.29) is 11.2 Å². The number of thiophene rings is 1. The average molecular weight is 269 g/mol. The van der Waals surface area contributed by atoms with E-state index in [0.29, 0.717) is 0 Å². The predicted molar refractivity (Wildman–Crippen MR) is 72.5 cm³/mol. The Morgan fingerprint density at radius 1 is 1.29 bits per heavy atom. The minimum absolute atomic E-state index is 0.233. The highest BCUT2D eigenvalue weighted by Crippen LogP contribution is 2.35. The maximum absolute atomic E-state index is 13.2. The molecule has 1 aromatic carbocycles. The summed E-state index contributed by atoms with van der Waals surface area (Å²) in [6.45, 7) is 4.07. The Bertz CT molecular complexity index is 519. The Morgan fingerprint density at radius 2 is 2.06 bits per heavy atom. The monoisotopic (exact) mass is 268 g/mol. The van der Waals surface area contributed by atoms with Crippen LogP contribution in [0, 0.1) is 12.7 Å². The van der Waals surface area contributed by atoms with E-state index in [2.05, 4.69) is 13.0 Å². The lowest BCUT2D eigenvalue weighted by molar-refractivity contribution is 0.625. The fourth-order valence-corrected chi connectivity index (χ4v) is 3.15. The fourth-order valence-electron chi connectivity index (χ4n) is 1.76. The van der Waals surface area contributed by atoms with Crippen molar-refractivity contribution in [1.29, 1.82) is 0 Å². The quantitative estimate of drug-likeness (QED) is 0.681. The smallest absolute Gasteiger partial charge is 0.123 e. The molecule has 0 saturated heterocycles. The molecule has 2 aromatic rings. The Hall–Kier alpha value is -0.860. The maximum atomic E-state index is 13.2. The van der Waals surface area contributed by atoms with Crippen molar-refractivity contribution in [1.82, 2.24) is 0 Å². The molecule has 1 heterocycles. The van der Waals surface area contributed by atoms with Crippen molar-refractivity contribution in [2.24, 2.45) is 0 Å². The van der Waals surface area contributed by atoms with Crippen LogP contribution in [0.1, 0.15) is 33.2 Å². The summed E-state index contributed by atoms with van der Waals surface area (Å²) in [5, 5.41) is -0.254. The molecular weight excluding hydrogens is 255 g/mol. The maximum Gasteiger partial charge on any atom is 0.123 e. The number of hydrogen-bond donors (Lipinski definition) is 0. The molecule has 0 aliphatic rings. The molecule has 2 rings (SSSR count). The van der Waals surface area contributed by atoms with E-state index in [4.69, 9.17) is 11.6 Å². The largest absolute Gasteiger partial charge is 0.207 e. The van der Waals surface area contributed by atoms with Crippen LogP contribution in [0.5, 0.6) is 0 Å². The Balaban J connectivity index is 2.35. The van der Waals surface area contributed by atoms with Crippen LogP contribution < -0.4 is 0 Å². The zero-order chi connectivity index (χ0) is 12.4. The summed E-state index contributed by atoms with van der Waals surface area (Å²) < 4.78 is 13.2. The van der Waals surface area contributed by atoms with Gasteiger partial charge in [-0.05, 0) is 48.7 Å². The van der Waals surface area contributed by atoms with Gasteiger partial charge in [0.15, 0.2) is 0 Å². The Labute approximate surface area is 110 Å². The fraction of sp³-hybridized carbons (Fsp3) is 0.286. The molecule has 1 atom stereocenters. The highest BCUT2D eigenvalue weighted by atomic mass is 35.5. The molecule has 0 fully saturated rings. The number of benzene rings is 1. The SMILES string of the molecule is CCc1ccc(C(Cl)c2cc(F)ccc2C)s1. The summed E-state index contributed by atoms with van der Waals surface area (Å²) >= 11 is 8.12. The molecule has 1 aromatic heterocycles. The van der Waals surface area contributed by atoms with Crippen LogP contribution >= 0.6 is 22.9 Å². The van der Waals surface area contributed by atoms with Crippen molar-refractivity contribution in [2.75, 3.05) is 0 Å². The van der Waals surface area contributed by atoms with Gasteiger partial charge in [-0.3, -0.25) is 0 Å². The number of hydrogen-bond acceptors (Lipinski definition) is 1. The molecule has 17 heavy (non-hydrogen) atoms. The van der Waals surface area contributed by atoms with E-state index in [0.717, 1.165) is 22.4 Å². The normalized spacial score (nSPS) is 12.7. The van der Waals surface area contributed by atoms with Gasteiger partial charge in [-0.15, -0.1) is 22.9 Å². The van der Waals surface area contributed by atoms with Crippen molar-refractivity contribution >= 4 is 22.9 Å². The summed E-state index contributed by atoms with van der Waals surface area (Å²) in [5.74, 6) is -0.233. The lowest BCUT2D eigenvalue weighted by Gasteiger charge is -2.11. The first-order chi connectivity index (χ1) is 8.11. The van der Waals surface area contributed by atoms with Gasteiger partial charge in [-0.2, -0.15) is 0 Å². The third-order valence-corrected chi connectivity index (χ3v) is 4.69. The molecule has 0 N–H and O–H groups in total. The van der Waals surface area contributed by atoms with Crippen LogP contribution in [0.15, 0.2) is 30.3 Å². The van der Waals surface area contributed by atoms with E-state index < -0.39 is 0 Å². The summed E-state index contributed by atoms with van der Waals surface area (Å²) in [4.78, 5) is 2.39. The van der Waals surface area contributed by atoms with Crippen LogP contribution in [-0.4, -0.2) is 0 Å². The molecule has 0 saturated carbocycles. The summed E-state index contributed by atoms with van der Waals surface area (Å²) in [7, 11) is 0. The van der Waals surface area contributed by atoms with Gasteiger partial charge in [0, 0.05) is 9.75 Å². The number of alkyl halides is 1. The van der Waals surface area contributed by atoms with E-state index in [1.807, 2.05) is 13.0 Å². The molecule has 0 bridgehead atoms. The zero-order valence-corrected chi connectivity index (χ0v) is 11.4. The van der Waals surface area contributed by atoms with Crippen LogP contribution in [0.4, 0.5) is 4.39 Å². The molecule has 0 spiro atoms. The molecule has 0 nitrogen and oxygen atoms in total. The number of halogens is 2. The molecular formula is C14H14ClFS. The van der Waals surface area contributed by atoms with Gasteiger partial charge in [0.2, 0.25) is 0 Å². The second-order valence-electron chi connectivity index (χ2n) is 4.02. The predicted octanol–water partition coefficient (Wildman–Crippen LogP) is 5.09. The van der Waals surface area contributed by atoms with Gasteiger partial charge in [0.1, 0.15) is 5.82 Å². The van der Waals surface area contributed by atoms with Crippen LogP contribution in [0.25, 0.3) is 0 Å². The van der Waals surface area contributed by atoms with E-state index in [9.17, 15) is 4.39 Å². The Kier molecular flexibility index (Phi) is 3.85. The third-order valence-electron chi connectivity index (χ3n) is 2.80. The van der Waals surface area contributed by atoms with Gasteiger partial charge in [0.25, 0.3) is 0 Å². The highest BCUT2D eigenvalue weighted by Gasteiger charge is 2.15. The highest BCUT2D eigenvalue weighted by molar-refractivity contribution is 7.12. The summed E-state index contributed by atoms with van der Waals surface area (Å²) in [6.07, 6.45) is 1.01. The van der Waals surface area contributed by atoms with Gasteiger partial charge in [0.05, 0.1) is 5.38 Å². The van der Waals surface area contributed by atoms with Gasteiger partial charge < -0.3 is 0 Å². The van der Waals surface area contributed by atoms with E-state index in [1.54, 1.807) is 17.4 Å². The van der Waals surface area contributed by atoms with Gasteiger partial charge in [-0.25, -0.2) is 4.39 Å². The molecule has 1 unspecified atom stereocenters. The van der Waals surface area contributed by atoms with Crippen molar-refractivity contribution in [3.8, 4) is 0 Å². The standard InChI is InChI=1S/C14H14ClFS/c1-3-11-6-7-13(17-11)14(15)12-8-10(16)5-4-9(12)2/h4-8,14H,3H2,1-2H3. The molecule has 90 valence electrons. The summed E-state index contributed by atoms with van der Waals surface area (Å²) in [6, 6.07) is 8.89. The minimum atomic E-state index is -0.254. The van der Waals surface area contributed by atoms with Crippen molar-refractivity contribution in [3.63, 3.8) is 0 Å². The first kappa shape index (κ1) is 12.6. The lowest BCUT2D eigenvalue weighted by atomic mass is 10.0. The topological polar surface area (TPSA) is 0 Å². The zero-order valence-electron chi connectivity index (χ0n) is 9.84. The van der Waals surface area contributed by atoms with Crippen molar-refractivity contribution in [2.45, 2.75) is 25.6 Å². The first-order valence-electron chi connectivity index (χ1n) is 5.60. The van der Waals surface area contributed by atoms with Crippen LogP contribution in [0.2, 0.25) is 0 Å². The lowest BCUT2D eigenvalue weighted by Crippen LogP contribution is -1.95. The molecule has 0 aliphatic heterocycles. The summed E-state index contributed by atoms with van der Waals surface area (Å²) in [5.41, 5.74) is 1.88. The molecule has 3 heteroatoms. The molecule has 0 radical (unpaired) electrons. The second kappa shape index (κ2) is 5.19. The van der Waals surface area contributed by atoms with Gasteiger partial charge in [-0.1, -0.05) is 13.0 Å². The van der Waals surface area contributed by atoms with Crippen LogP contribution in [0.3, 0.4) is 0 Å². The molecule has 0 aliphatic carbocycles. The first-order valence-corrected chi connectivity index (χ1v) is 6.86. The average Bonchev–Trinajstić information content (AvgIpc) is 2.80. The Morgan fingerprint density at radius 3 is 2.71 bits per heavy atom. The van der Waals surface area contributed by atoms with E-state index in [1.165, 1.54) is 17.0 Å². The van der Waals surface area contributed by atoms with E-state index >= 15 is 0 Å². The minimum Gasteiger partial charge on any atom is -0.207 e. The van der Waals surface area contributed by atoms with Gasteiger partial charge >= 0.3 is 0 Å². The van der Waals surface area contributed by atoms with Crippen molar-refractivity contribution in [3.05, 3.63) is 57.0 Å². The third kappa shape index (κ3) is 2.70. The molecule has 0 amide bonds. The number of aryl methyl sites for hydroxylation is 2.